The van der Waals surface area contributed by atoms with Crippen LogP contribution < -0.4 is 5.01 Å². The van der Waals surface area contributed by atoms with Crippen LogP contribution in [-0.2, 0) is 4.74 Å². The van der Waals surface area contributed by atoms with Crippen LogP contribution in [0.15, 0.2) is 46.3 Å². The van der Waals surface area contributed by atoms with Crippen LogP contribution in [-0.4, -0.2) is 47.8 Å². The lowest BCUT2D eigenvalue weighted by Gasteiger charge is -2.50. The number of benzene rings is 1. The van der Waals surface area contributed by atoms with Gasteiger partial charge in [0, 0.05) is 31.1 Å². The summed E-state index contributed by atoms with van der Waals surface area (Å²) in [4.78, 5) is 13.2. The molecule has 28 heavy (non-hydrogen) atoms. The fourth-order valence-electron chi connectivity index (χ4n) is 5.53. The van der Waals surface area contributed by atoms with Crippen LogP contribution in [0.25, 0.3) is 0 Å². The second-order valence-corrected chi connectivity index (χ2v) is 7.99. The third-order valence-corrected chi connectivity index (χ3v) is 6.70. The van der Waals surface area contributed by atoms with E-state index in [0.717, 1.165) is 44.5 Å². The predicted octanol–water partition coefficient (Wildman–Crippen LogP) is 3.70. The first kappa shape index (κ1) is 17.8. The highest BCUT2D eigenvalue weighted by Gasteiger charge is 2.62. The minimum Gasteiger partial charge on any atom is -0.379 e. The molecule has 2 aliphatic carbocycles. The number of anilines is 1. The van der Waals surface area contributed by atoms with Crippen LogP contribution >= 0.6 is 0 Å². The highest BCUT2D eigenvalue weighted by atomic mass is 16.6. The third-order valence-electron chi connectivity index (χ3n) is 6.70. The molecule has 1 aromatic carbocycles. The van der Waals surface area contributed by atoms with Crippen molar-refractivity contribution in [1.29, 1.82) is 0 Å². The molecular formula is C20H25N5O3. The predicted molar refractivity (Wildman–Crippen MR) is 104 cm³/mol. The van der Waals surface area contributed by atoms with Gasteiger partial charge in [0.05, 0.1) is 23.8 Å². The lowest BCUT2D eigenvalue weighted by atomic mass is 9.84. The molecule has 4 aliphatic rings. The first-order valence-corrected chi connectivity index (χ1v) is 10.2. The summed E-state index contributed by atoms with van der Waals surface area (Å²) in [5.41, 5.74) is 2.18. The zero-order chi connectivity index (χ0) is 19.1. The average molecular weight is 383 g/mol. The SMILES string of the molecule is O=[N+]([O-])c1ccc(N2N=N[C@H]3CC[C@H](C4=CCCC4)[C@@]32N2CCOCC2)cc1. The Labute approximate surface area is 164 Å². The van der Waals surface area contributed by atoms with Crippen LogP contribution in [0.3, 0.4) is 0 Å². The van der Waals surface area contributed by atoms with E-state index >= 15 is 0 Å². The maximum Gasteiger partial charge on any atom is 0.269 e. The number of morpholine rings is 1. The molecule has 0 bridgehead atoms. The Morgan fingerprint density at radius 2 is 1.96 bits per heavy atom. The highest BCUT2D eigenvalue weighted by molar-refractivity contribution is 5.54. The van der Waals surface area contributed by atoms with Gasteiger partial charge >= 0.3 is 0 Å². The van der Waals surface area contributed by atoms with Crippen LogP contribution in [0.1, 0.15) is 32.1 Å². The molecule has 5 rings (SSSR count). The monoisotopic (exact) mass is 383 g/mol. The second kappa shape index (κ2) is 6.93. The Morgan fingerprint density at radius 3 is 2.64 bits per heavy atom. The van der Waals surface area contributed by atoms with Crippen molar-refractivity contribution in [2.75, 3.05) is 31.3 Å². The van der Waals surface area contributed by atoms with Gasteiger partial charge in [-0.25, -0.2) is 5.01 Å². The maximum absolute atomic E-state index is 11.1. The molecule has 0 N–H and O–H groups in total. The summed E-state index contributed by atoms with van der Waals surface area (Å²) in [6, 6.07) is 6.85. The van der Waals surface area contributed by atoms with E-state index in [2.05, 4.69) is 26.3 Å². The van der Waals surface area contributed by atoms with Crippen molar-refractivity contribution in [2.45, 2.75) is 43.8 Å². The molecule has 0 spiro atoms. The summed E-state index contributed by atoms with van der Waals surface area (Å²) < 4.78 is 5.64. The Hall–Kier alpha value is -2.32. The van der Waals surface area contributed by atoms with Gasteiger partial charge in [-0.1, -0.05) is 16.9 Å². The summed E-state index contributed by atoms with van der Waals surface area (Å²) in [6.45, 7) is 3.15. The van der Waals surface area contributed by atoms with Gasteiger partial charge in [-0.05, 0) is 44.2 Å². The van der Waals surface area contributed by atoms with Crippen molar-refractivity contribution >= 4 is 11.4 Å². The van der Waals surface area contributed by atoms with Crippen LogP contribution in [0, 0.1) is 16.0 Å². The Morgan fingerprint density at radius 1 is 1.18 bits per heavy atom. The van der Waals surface area contributed by atoms with E-state index in [4.69, 9.17) is 4.74 Å². The molecule has 0 aromatic heterocycles. The third kappa shape index (κ3) is 2.58. The molecule has 2 aliphatic heterocycles. The molecule has 0 radical (unpaired) electrons. The lowest BCUT2D eigenvalue weighted by Crippen LogP contribution is -2.66. The molecule has 0 unspecified atom stereocenters. The summed E-state index contributed by atoms with van der Waals surface area (Å²) in [5.74, 6) is 0.378. The van der Waals surface area contributed by atoms with Crippen molar-refractivity contribution in [3.8, 4) is 0 Å². The number of rotatable bonds is 4. The van der Waals surface area contributed by atoms with Crippen molar-refractivity contribution in [2.24, 2.45) is 16.3 Å². The van der Waals surface area contributed by atoms with E-state index in [1.807, 2.05) is 0 Å². The first-order chi connectivity index (χ1) is 13.7. The molecule has 8 nitrogen and oxygen atoms in total. The van der Waals surface area contributed by atoms with Crippen molar-refractivity contribution in [3.63, 3.8) is 0 Å². The summed E-state index contributed by atoms with van der Waals surface area (Å²) in [5, 5.41) is 22.4. The van der Waals surface area contributed by atoms with E-state index in [0.29, 0.717) is 19.1 Å². The number of nitrogens with zero attached hydrogens (tertiary/aromatic N) is 5. The van der Waals surface area contributed by atoms with Gasteiger partial charge < -0.3 is 4.74 Å². The van der Waals surface area contributed by atoms with Crippen LogP contribution in [0.2, 0.25) is 0 Å². The van der Waals surface area contributed by atoms with Gasteiger partial charge in [-0.2, -0.15) is 5.11 Å². The van der Waals surface area contributed by atoms with E-state index in [1.165, 1.54) is 12.0 Å². The Bertz CT molecular complexity index is 818. The van der Waals surface area contributed by atoms with E-state index in [-0.39, 0.29) is 22.3 Å². The normalized spacial score (nSPS) is 32.6. The molecular weight excluding hydrogens is 358 g/mol. The fraction of sp³-hybridized carbons (Fsp3) is 0.600. The van der Waals surface area contributed by atoms with Crippen LogP contribution in [0.4, 0.5) is 11.4 Å². The minimum atomic E-state index is -0.364. The molecule has 1 saturated carbocycles. The first-order valence-electron chi connectivity index (χ1n) is 10.2. The number of nitro groups is 1. The van der Waals surface area contributed by atoms with Crippen molar-refractivity contribution < 1.29 is 9.66 Å². The number of allylic oxidation sites excluding steroid dienone is 1. The van der Waals surface area contributed by atoms with E-state index in [9.17, 15) is 10.1 Å². The molecule has 8 heteroatoms. The van der Waals surface area contributed by atoms with Gasteiger partial charge in [0.1, 0.15) is 11.7 Å². The number of non-ortho nitro benzene ring substituents is 1. The average Bonchev–Trinajstić information content (AvgIpc) is 3.44. The van der Waals surface area contributed by atoms with E-state index < -0.39 is 0 Å². The Balaban J connectivity index is 1.58. The summed E-state index contributed by atoms with van der Waals surface area (Å²) >= 11 is 0. The number of fused-ring (bicyclic) bond motifs is 1. The number of nitro benzene ring substituents is 1. The standard InChI is InChI=1S/C20H25N5O3/c26-25(27)17-7-5-16(6-8-17)24-20(23-11-13-28-14-12-23)18(15-3-1-2-4-15)9-10-19(20)21-22-24/h3,5-8,18-19H,1-2,4,9-14H2/t18-,19+,20+/m1/s1. The van der Waals surface area contributed by atoms with Gasteiger partial charge in [-0.15, -0.1) is 0 Å². The largest absolute Gasteiger partial charge is 0.379 e. The lowest BCUT2D eigenvalue weighted by molar-refractivity contribution is -0.384. The van der Waals surface area contributed by atoms with Gasteiger partial charge in [0.25, 0.3) is 5.69 Å². The Kier molecular flexibility index (Phi) is 4.40. The molecule has 1 saturated heterocycles. The number of ether oxygens (including phenoxy) is 1. The zero-order valence-electron chi connectivity index (χ0n) is 15.9. The second-order valence-electron chi connectivity index (χ2n) is 7.99. The smallest absolute Gasteiger partial charge is 0.269 e. The zero-order valence-corrected chi connectivity index (χ0v) is 15.9. The van der Waals surface area contributed by atoms with Crippen molar-refractivity contribution in [3.05, 3.63) is 46.0 Å². The van der Waals surface area contributed by atoms with Crippen molar-refractivity contribution in [1.82, 2.24) is 4.90 Å². The van der Waals surface area contributed by atoms with Gasteiger partial charge in [0.2, 0.25) is 0 Å². The maximum atomic E-state index is 11.1. The van der Waals surface area contributed by atoms with E-state index in [1.54, 1.807) is 24.3 Å². The topological polar surface area (TPSA) is 83.6 Å². The molecule has 148 valence electrons. The van der Waals surface area contributed by atoms with Crippen LogP contribution in [0.5, 0.6) is 0 Å². The quantitative estimate of drug-likeness (QED) is 0.450. The number of hydrogen-bond acceptors (Lipinski definition) is 7. The fourth-order valence-corrected chi connectivity index (χ4v) is 5.53. The summed E-state index contributed by atoms with van der Waals surface area (Å²) in [7, 11) is 0. The van der Waals surface area contributed by atoms with Gasteiger partial charge in [0.15, 0.2) is 0 Å². The molecule has 0 amide bonds. The summed E-state index contributed by atoms with van der Waals surface area (Å²) in [6.07, 6.45) is 8.07. The molecule has 2 heterocycles. The minimum absolute atomic E-state index is 0.0957. The highest BCUT2D eigenvalue weighted by Crippen LogP contribution is 2.54. The molecule has 2 fully saturated rings. The molecule has 3 atom stereocenters. The number of hydrogen-bond donors (Lipinski definition) is 0. The van der Waals surface area contributed by atoms with Gasteiger partial charge in [-0.3, -0.25) is 15.0 Å². The molecule has 1 aromatic rings.